The first-order valence-electron chi connectivity index (χ1n) is 5.55. The first-order valence-corrected chi connectivity index (χ1v) is 6.36. The van der Waals surface area contributed by atoms with Crippen molar-refractivity contribution < 1.29 is 4.79 Å². The van der Waals surface area contributed by atoms with E-state index < -0.39 is 5.91 Å². The Kier molecular flexibility index (Phi) is 3.53. The minimum absolute atomic E-state index is 0.404. The van der Waals surface area contributed by atoms with Gasteiger partial charge in [-0.15, -0.1) is 11.3 Å². The van der Waals surface area contributed by atoms with Gasteiger partial charge >= 0.3 is 0 Å². The number of carbonyl (C=O) groups excluding carboxylic acids is 1. The van der Waals surface area contributed by atoms with E-state index in [9.17, 15) is 4.79 Å². The van der Waals surface area contributed by atoms with Crippen LogP contribution in [-0.2, 0) is 6.54 Å². The number of rotatable bonds is 4. The van der Waals surface area contributed by atoms with E-state index in [1.54, 1.807) is 6.07 Å². The molecule has 1 amide bonds. The van der Waals surface area contributed by atoms with Crippen LogP contribution in [-0.4, -0.2) is 5.91 Å². The maximum Gasteiger partial charge on any atom is 0.260 e. The molecule has 0 aliphatic rings. The number of hydrogen-bond acceptors (Lipinski definition) is 4. The lowest BCUT2D eigenvalue weighted by molar-refractivity contribution is 0.100. The minimum Gasteiger partial charge on any atom is -0.397 e. The highest BCUT2D eigenvalue weighted by Crippen LogP contribution is 2.29. The molecule has 0 atom stereocenters. The summed E-state index contributed by atoms with van der Waals surface area (Å²) in [6, 6.07) is 9.97. The minimum atomic E-state index is -0.485. The smallest absolute Gasteiger partial charge is 0.260 e. The number of carbonyl (C=O) groups is 1. The summed E-state index contributed by atoms with van der Waals surface area (Å²) < 4.78 is 0. The molecule has 5 heteroatoms. The number of amides is 1. The molecule has 0 spiro atoms. The fourth-order valence-corrected chi connectivity index (χ4v) is 2.52. The van der Waals surface area contributed by atoms with Crippen LogP contribution in [0.1, 0.15) is 20.8 Å². The Hall–Kier alpha value is -2.01. The van der Waals surface area contributed by atoms with Gasteiger partial charge in [0, 0.05) is 6.54 Å². The van der Waals surface area contributed by atoms with Crippen molar-refractivity contribution in [2.45, 2.75) is 13.5 Å². The van der Waals surface area contributed by atoms with Crippen molar-refractivity contribution in [1.82, 2.24) is 0 Å². The maximum absolute atomic E-state index is 11.1. The summed E-state index contributed by atoms with van der Waals surface area (Å²) in [7, 11) is 0. The lowest BCUT2D eigenvalue weighted by Gasteiger charge is -2.04. The molecule has 0 radical (unpaired) electrons. The van der Waals surface area contributed by atoms with Gasteiger partial charge in [-0.3, -0.25) is 4.79 Å². The van der Waals surface area contributed by atoms with Crippen molar-refractivity contribution >= 4 is 27.9 Å². The second-order valence-corrected chi connectivity index (χ2v) is 5.15. The Bertz CT molecular complexity index is 577. The molecule has 0 aliphatic heterocycles. The summed E-state index contributed by atoms with van der Waals surface area (Å²) in [6.07, 6.45) is 0. The highest BCUT2D eigenvalue weighted by Gasteiger charge is 2.10. The lowest BCUT2D eigenvalue weighted by atomic mass is 10.1. The molecule has 0 saturated carbocycles. The van der Waals surface area contributed by atoms with Crippen LogP contribution in [0, 0.1) is 6.92 Å². The van der Waals surface area contributed by atoms with Gasteiger partial charge in [0.15, 0.2) is 0 Å². The SMILES string of the molecule is Cc1cccc(CNc2cc(N)c(C(N)=O)s2)c1. The van der Waals surface area contributed by atoms with Gasteiger partial charge < -0.3 is 16.8 Å². The molecule has 2 rings (SSSR count). The Labute approximate surface area is 110 Å². The Morgan fingerprint density at radius 1 is 1.39 bits per heavy atom. The average molecular weight is 261 g/mol. The Balaban J connectivity index is 2.06. The zero-order chi connectivity index (χ0) is 13.1. The van der Waals surface area contributed by atoms with Gasteiger partial charge in [-0.2, -0.15) is 0 Å². The van der Waals surface area contributed by atoms with Crippen molar-refractivity contribution in [3.63, 3.8) is 0 Å². The molecule has 18 heavy (non-hydrogen) atoms. The number of nitrogens with one attached hydrogen (secondary N) is 1. The zero-order valence-corrected chi connectivity index (χ0v) is 10.9. The van der Waals surface area contributed by atoms with E-state index in [1.165, 1.54) is 22.5 Å². The number of nitrogens with two attached hydrogens (primary N) is 2. The predicted molar refractivity (Wildman–Crippen MR) is 75.8 cm³/mol. The number of anilines is 2. The van der Waals surface area contributed by atoms with Gasteiger partial charge in [0.05, 0.1) is 10.7 Å². The van der Waals surface area contributed by atoms with E-state index in [0.29, 0.717) is 17.1 Å². The van der Waals surface area contributed by atoms with E-state index in [2.05, 4.69) is 24.4 Å². The van der Waals surface area contributed by atoms with Crippen molar-refractivity contribution in [3.8, 4) is 0 Å². The van der Waals surface area contributed by atoms with Crippen LogP contribution in [0.4, 0.5) is 10.7 Å². The van der Waals surface area contributed by atoms with E-state index in [0.717, 1.165) is 5.00 Å². The van der Waals surface area contributed by atoms with E-state index >= 15 is 0 Å². The molecule has 0 bridgehead atoms. The van der Waals surface area contributed by atoms with Gasteiger partial charge in [0.1, 0.15) is 4.88 Å². The van der Waals surface area contributed by atoms with Crippen LogP contribution < -0.4 is 16.8 Å². The number of benzene rings is 1. The fourth-order valence-electron chi connectivity index (χ4n) is 1.70. The van der Waals surface area contributed by atoms with Gasteiger partial charge in [-0.05, 0) is 18.6 Å². The Morgan fingerprint density at radius 2 is 2.17 bits per heavy atom. The third-order valence-electron chi connectivity index (χ3n) is 2.53. The monoisotopic (exact) mass is 261 g/mol. The number of primary amides is 1. The molecular weight excluding hydrogens is 246 g/mol. The molecule has 0 saturated heterocycles. The molecule has 2 aromatic rings. The molecule has 4 nitrogen and oxygen atoms in total. The number of hydrogen-bond donors (Lipinski definition) is 3. The molecule has 0 unspecified atom stereocenters. The summed E-state index contributed by atoms with van der Waals surface area (Å²) in [4.78, 5) is 11.5. The number of nitrogen functional groups attached to an aromatic ring is 1. The van der Waals surface area contributed by atoms with Crippen LogP contribution in [0.5, 0.6) is 0 Å². The quantitative estimate of drug-likeness (QED) is 0.790. The van der Waals surface area contributed by atoms with Crippen LogP contribution in [0.25, 0.3) is 0 Å². The highest BCUT2D eigenvalue weighted by molar-refractivity contribution is 7.18. The van der Waals surface area contributed by atoms with Crippen molar-refractivity contribution in [2.24, 2.45) is 5.73 Å². The van der Waals surface area contributed by atoms with Gasteiger partial charge in [0.25, 0.3) is 5.91 Å². The largest absolute Gasteiger partial charge is 0.397 e. The zero-order valence-electron chi connectivity index (χ0n) is 10.1. The van der Waals surface area contributed by atoms with Crippen molar-refractivity contribution in [2.75, 3.05) is 11.1 Å². The summed E-state index contributed by atoms with van der Waals surface area (Å²) in [6.45, 7) is 2.75. The number of aryl methyl sites for hydroxylation is 1. The molecular formula is C13H15N3OS. The van der Waals surface area contributed by atoms with Crippen molar-refractivity contribution in [1.29, 1.82) is 0 Å². The second kappa shape index (κ2) is 5.10. The van der Waals surface area contributed by atoms with Crippen LogP contribution in [0.2, 0.25) is 0 Å². The molecule has 1 aromatic carbocycles. The predicted octanol–water partition coefficient (Wildman–Crippen LogP) is 2.35. The van der Waals surface area contributed by atoms with Crippen LogP contribution >= 0.6 is 11.3 Å². The summed E-state index contributed by atoms with van der Waals surface area (Å²) in [5, 5.41) is 4.08. The van der Waals surface area contributed by atoms with Crippen LogP contribution in [0.3, 0.4) is 0 Å². The molecule has 0 aliphatic carbocycles. The summed E-state index contributed by atoms with van der Waals surface area (Å²) in [5.74, 6) is -0.485. The molecule has 5 N–H and O–H groups in total. The van der Waals surface area contributed by atoms with E-state index in [-0.39, 0.29) is 0 Å². The maximum atomic E-state index is 11.1. The number of thiophene rings is 1. The first-order chi connectivity index (χ1) is 8.56. The Morgan fingerprint density at radius 3 is 2.78 bits per heavy atom. The summed E-state index contributed by atoms with van der Waals surface area (Å²) in [5.41, 5.74) is 13.8. The van der Waals surface area contributed by atoms with E-state index in [1.807, 2.05) is 12.1 Å². The molecule has 1 heterocycles. The molecule has 1 aromatic heterocycles. The average Bonchev–Trinajstić information content (AvgIpc) is 2.68. The summed E-state index contributed by atoms with van der Waals surface area (Å²) >= 11 is 1.28. The lowest BCUT2D eigenvalue weighted by Crippen LogP contribution is -2.10. The fraction of sp³-hybridized carbons (Fsp3) is 0.154. The third kappa shape index (κ3) is 2.81. The first kappa shape index (κ1) is 12.4. The van der Waals surface area contributed by atoms with E-state index in [4.69, 9.17) is 11.5 Å². The van der Waals surface area contributed by atoms with Gasteiger partial charge in [-0.1, -0.05) is 29.8 Å². The van der Waals surface area contributed by atoms with Gasteiger partial charge in [0.2, 0.25) is 0 Å². The highest BCUT2D eigenvalue weighted by atomic mass is 32.1. The van der Waals surface area contributed by atoms with Crippen molar-refractivity contribution in [3.05, 3.63) is 46.3 Å². The normalized spacial score (nSPS) is 10.3. The molecule has 94 valence electrons. The standard InChI is InChI=1S/C13H15N3OS/c1-8-3-2-4-9(5-8)7-16-11-6-10(14)12(18-11)13(15)17/h2-6,16H,7,14H2,1H3,(H2,15,17). The second-order valence-electron chi connectivity index (χ2n) is 4.10. The topological polar surface area (TPSA) is 81.1 Å². The third-order valence-corrected chi connectivity index (χ3v) is 3.66. The molecule has 0 fully saturated rings. The van der Waals surface area contributed by atoms with Crippen LogP contribution in [0.15, 0.2) is 30.3 Å². The van der Waals surface area contributed by atoms with Gasteiger partial charge in [-0.25, -0.2) is 0 Å².